The summed E-state index contributed by atoms with van der Waals surface area (Å²) in [5.74, 6) is -1.55. The minimum atomic E-state index is -0.746. The second-order valence-electron chi connectivity index (χ2n) is 11.1. The third-order valence-corrected chi connectivity index (χ3v) is 9.59. The van der Waals surface area contributed by atoms with Gasteiger partial charge >= 0.3 is 0 Å². The average molecular weight is 589 g/mol. The summed E-state index contributed by atoms with van der Waals surface area (Å²) in [6, 6.07) is 8.89. The lowest BCUT2D eigenvalue weighted by molar-refractivity contribution is -0.136. The van der Waals surface area contributed by atoms with E-state index in [2.05, 4.69) is 20.0 Å². The van der Waals surface area contributed by atoms with E-state index in [4.69, 9.17) is 23.2 Å². The maximum Gasteiger partial charge on any atom is 0.255 e. The predicted molar refractivity (Wildman–Crippen MR) is 151 cm³/mol. The van der Waals surface area contributed by atoms with Crippen LogP contribution < -0.4 is 10.2 Å². The van der Waals surface area contributed by atoms with Crippen molar-refractivity contribution in [3.05, 3.63) is 62.9 Å². The maximum absolute atomic E-state index is 15.6. The van der Waals surface area contributed by atoms with Crippen LogP contribution in [0.2, 0.25) is 10.0 Å². The summed E-state index contributed by atoms with van der Waals surface area (Å²) >= 11 is 12.6. The van der Waals surface area contributed by atoms with Crippen LogP contribution in [-0.2, 0) is 22.7 Å². The van der Waals surface area contributed by atoms with Gasteiger partial charge in [0, 0.05) is 61.9 Å². The smallest absolute Gasteiger partial charge is 0.255 e. The number of halogens is 3. The number of nitrogens with zero attached hydrogens (tertiary/aromatic N) is 4. The molecule has 0 bridgehead atoms. The minimum Gasteiger partial charge on any atom is -0.368 e. The van der Waals surface area contributed by atoms with Crippen molar-refractivity contribution in [3.63, 3.8) is 0 Å². The van der Waals surface area contributed by atoms with Gasteiger partial charge in [0.05, 0.1) is 22.3 Å². The van der Waals surface area contributed by atoms with Crippen molar-refractivity contribution < 1.29 is 18.8 Å². The van der Waals surface area contributed by atoms with E-state index in [1.165, 1.54) is 4.90 Å². The number of imide groups is 1. The van der Waals surface area contributed by atoms with Crippen molar-refractivity contribution in [2.45, 2.75) is 50.9 Å². The first kappa shape index (κ1) is 27.4. The van der Waals surface area contributed by atoms with Gasteiger partial charge in [-0.25, -0.2) is 4.39 Å². The number of piperazine rings is 1. The Kier molecular flexibility index (Phi) is 7.74. The second-order valence-corrected chi connectivity index (χ2v) is 11.9. The predicted octanol–water partition coefficient (Wildman–Crippen LogP) is 3.68. The highest BCUT2D eigenvalue weighted by Gasteiger charge is 2.40. The fourth-order valence-electron chi connectivity index (χ4n) is 6.52. The Hall–Kier alpha value is -2.72. The fraction of sp³-hybridized carbons (Fsp3) is 0.483. The topological polar surface area (TPSA) is 76.2 Å². The monoisotopic (exact) mass is 587 g/mol. The van der Waals surface area contributed by atoms with Gasteiger partial charge in [-0.05, 0) is 50.6 Å². The SMILES string of the molecule is O=C1CCC(N2Cc3c(ccc(CN4CCC(N5CCN(c6cccc(Cl)c6Cl)CC5)CC4)c3F)C2=O)C(=O)N1. The Balaban J connectivity index is 1.03. The first-order valence-corrected chi connectivity index (χ1v) is 14.7. The lowest BCUT2D eigenvalue weighted by Gasteiger charge is -2.43. The zero-order chi connectivity index (χ0) is 28.0. The highest BCUT2D eigenvalue weighted by molar-refractivity contribution is 6.43. The molecule has 8 nitrogen and oxygen atoms in total. The standard InChI is InChI=1S/C29H32Cl2FN5O3/c30-22-2-1-3-23(26(22)31)36-14-12-35(13-15-36)19-8-10-34(11-9-19)16-18-4-5-20-21(27(18)32)17-37(29(20)40)24-6-7-25(38)33-28(24)39/h1-5,19,24H,6-17H2,(H,33,38,39). The van der Waals surface area contributed by atoms with Gasteiger partial charge in [0.2, 0.25) is 11.8 Å². The molecule has 212 valence electrons. The molecule has 1 unspecified atom stereocenters. The molecule has 3 amide bonds. The zero-order valence-electron chi connectivity index (χ0n) is 22.2. The van der Waals surface area contributed by atoms with Gasteiger partial charge in [0.25, 0.3) is 5.91 Å². The molecule has 3 fully saturated rings. The lowest BCUT2D eigenvalue weighted by Crippen LogP contribution is -2.53. The normalized spacial score (nSPS) is 23.1. The molecule has 4 heterocycles. The number of nitrogens with one attached hydrogen (secondary N) is 1. The Morgan fingerprint density at radius 3 is 2.40 bits per heavy atom. The fourth-order valence-corrected chi connectivity index (χ4v) is 6.94. The van der Waals surface area contributed by atoms with E-state index in [9.17, 15) is 14.4 Å². The van der Waals surface area contributed by atoms with Crippen molar-refractivity contribution in [1.82, 2.24) is 20.0 Å². The molecule has 11 heteroatoms. The van der Waals surface area contributed by atoms with Crippen molar-refractivity contribution in [2.75, 3.05) is 44.2 Å². The molecule has 2 aromatic carbocycles. The highest BCUT2D eigenvalue weighted by Crippen LogP contribution is 2.34. The second kappa shape index (κ2) is 11.3. The molecule has 0 radical (unpaired) electrons. The zero-order valence-corrected chi connectivity index (χ0v) is 23.7. The Labute approximate surface area is 243 Å². The molecule has 0 saturated carbocycles. The third-order valence-electron chi connectivity index (χ3n) is 8.78. The lowest BCUT2D eigenvalue weighted by atomic mass is 10.00. The van der Waals surface area contributed by atoms with Gasteiger partial charge in [-0.3, -0.25) is 29.5 Å². The van der Waals surface area contributed by atoms with Crippen LogP contribution in [0.5, 0.6) is 0 Å². The van der Waals surface area contributed by atoms with Crippen LogP contribution in [0, 0.1) is 5.82 Å². The van der Waals surface area contributed by atoms with Crippen molar-refractivity contribution >= 4 is 46.6 Å². The number of benzene rings is 2. The molecule has 2 aromatic rings. The molecular formula is C29H32Cl2FN5O3. The number of likely N-dealkylation sites (tertiary alicyclic amines) is 1. The summed E-state index contributed by atoms with van der Waals surface area (Å²) in [6.07, 6.45) is 2.47. The van der Waals surface area contributed by atoms with E-state index in [1.807, 2.05) is 18.2 Å². The number of anilines is 1. The van der Waals surface area contributed by atoms with Crippen molar-refractivity contribution in [1.29, 1.82) is 0 Å². The third kappa shape index (κ3) is 5.20. The first-order valence-electron chi connectivity index (χ1n) is 13.9. The molecular weight excluding hydrogens is 556 g/mol. The van der Waals surface area contributed by atoms with E-state index in [1.54, 1.807) is 12.1 Å². The summed E-state index contributed by atoms with van der Waals surface area (Å²) in [5.41, 5.74) is 2.21. The van der Waals surface area contributed by atoms with Gasteiger partial charge in [-0.2, -0.15) is 0 Å². The Bertz CT molecular complexity index is 1340. The molecule has 4 aliphatic heterocycles. The summed E-state index contributed by atoms with van der Waals surface area (Å²) in [6.45, 7) is 6.01. The van der Waals surface area contributed by atoms with E-state index in [0.717, 1.165) is 57.8 Å². The number of rotatable bonds is 5. The van der Waals surface area contributed by atoms with Crippen LogP contribution in [0.15, 0.2) is 30.3 Å². The summed E-state index contributed by atoms with van der Waals surface area (Å²) in [4.78, 5) is 45.3. The maximum atomic E-state index is 15.6. The van der Waals surface area contributed by atoms with Gasteiger partial charge in [-0.1, -0.05) is 35.3 Å². The van der Waals surface area contributed by atoms with Crippen LogP contribution in [0.4, 0.5) is 10.1 Å². The average Bonchev–Trinajstić information content (AvgIpc) is 3.29. The molecule has 1 atom stereocenters. The molecule has 3 saturated heterocycles. The van der Waals surface area contributed by atoms with Gasteiger partial charge < -0.3 is 9.80 Å². The van der Waals surface area contributed by atoms with E-state index in [-0.39, 0.29) is 37.0 Å². The van der Waals surface area contributed by atoms with Crippen molar-refractivity contribution in [3.8, 4) is 0 Å². The number of carbonyl (C=O) groups excluding carboxylic acids is 3. The molecule has 0 aliphatic carbocycles. The molecule has 0 aromatic heterocycles. The van der Waals surface area contributed by atoms with Gasteiger partial charge in [0.15, 0.2) is 0 Å². The largest absolute Gasteiger partial charge is 0.368 e. The van der Waals surface area contributed by atoms with Crippen molar-refractivity contribution in [2.24, 2.45) is 0 Å². The van der Waals surface area contributed by atoms with Crippen LogP contribution >= 0.6 is 23.2 Å². The number of amides is 3. The van der Waals surface area contributed by atoms with Crippen LogP contribution in [0.3, 0.4) is 0 Å². The summed E-state index contributed by atoms with van der Waals surface area (Å²) in [5, 5.41) is 3.47. The minimum absolute atomic E-state index is 0.0502. The van der Waals surface area contributed by atoms with Gasteiger partial charge in [0.1, 0.15) is 11.9 Å². The first-order chi connectivity index (χ1) is 19.3. The number of carbonyl (C=O) groups is 3. The van der Waals surface area contributed by atoms with Crippen LogP contribution in [-0.4, -0.2) is 83.8 Å². The van der Waals surface area contributed by atoms with Crippen LogP contribution in [0.25, 0.3) is 0 Å². The quantitative estimate of drug-likeness (QED) is 0.538. The van der Waals surface area contributed by atoms with Crippen LogP contribution in [0.1, 0.15) is 47.2 Å². The number of hydrogen-bond acceptors (Lipinski definition) is 6. The van der Waals surface area contributed by atoms with E-state index < -0.39 is 11.9 Å². The summed E-state index contributed by atoms with van der Waals surface area (Å²) < 4.78 is 15.6. The number of hydrogen-bond donors (Lipinski definition) is 1. The molecule has 1 N–H and O–H groups in total. The molecule has 6 rings (SSSR count). The summed E-state index contributed by atoms with van der Waals surface area (Å²) in [7, 11) is 0. The molecule has 4 aliphatic rings. The Morgan fingerprint density at radius 1 is 0.925 bits per heavy atom. The van der Waals surface area contributed by atoms with E-state index >= 15 is 4.39 Å². The number of fused-ring (bicyclic) bond motifs is 1. The molecule has 0 spiro atoms. The molecule has 40 heavy (non-hydrogen) atoms. The highest BCUT2D eigenvalue weighted by atomic mass is 35.5. The number of piperidine rings is 2. The van der Waals surface area contributed by atoms with Gasteiger partial charge in [-0.15, -0.1) is 0 Å². The Morgan fingerprint density at radius 2 is 1.68 bits per heavy atom. The van der Waals surface area contributed by atoms with E-state index in [0.29, 0.717) is 39.3 Å².